The zero-order valence-electron chi connectivity index (χ0n) is 9.54. The lowest BCUT2D eigenvalue weighted by Gasteiger charge is -2.21. The number of hydrogen-bond acceptors (Lipinski definition) is 3. The molecule has 0 spiro atoms. The van der Waals surface area contributed by atoms with Crippen molar-refractivity contribution in [3.63, 3.8) is 0 Å². The molecule has 0 aliphatic carbocycles. The topological polar surface area (TPSA) is 52.6 Å². The zero-order valence-corrected chi connectivity index (χ0v) is 9.54. The van der Waals surface area contributed by atoms with E-state index in [0.717, 1.165) is 45.3 Å². The lowest BCUT2D eigenvalue weighted by Crippen LogP contribution is -2.43. The fourth-order valence-electron chi connectivity index (χ4n) is 1.85. The number of aliphatic hydroxyl groups excluding tert-OH is 1. The first-order valence-electron chi connectivity index (χ1n) is 5.88. The second kappa shape index (κ2) is 6.80. The Balaban J connectivity index is 2.14. The average Bonchev–Trinajstić information content (AvgIpc) is 2.76. The SMILES string of the molecule is CC(NCCCCO)C(=O)N1CCCC1. The van der Waals surface area contributed by atoms with Gasteiger partial charge in [-0.2, -0.15) is 0 Å². The summed E-state index contributed by atoms with van der Waals surface area (Å²) in [6.07, 6.45) is 4.01. The van der Waals surface area contributed by atoms with Crippen molar-refractivity contribution in [2.75, 3.05) is 26.2 Å². The standard InChI is InChI=1S/C11H22N2O2/c1-10(12-6-2-5-9-14)11(15)13-7-3-4-8-13/h10,12,14H,2-9H2,1H3. The van der Waals surface area contributed by atoms with Crippen molar-refractivity contribution in [3.8, 4) is 0 Å². The third-order valence-corrected chi connectivity index (χ3v) is 2.82. The summed E-state index contributed by atoms with van der Waals surface area (Å²) in [6, 6.07) is -0.0817. The highest BCUT2D eigenvalue weighted by atomic mass is 16.2. The number of amides is 1. The highest BCUT2D eigenvalue weighted by Crippen LogP contribution is 2.08. The normalized spacial score (nSPS) is 18.1. The van der Waals surface area contributed by atoms with E-state index in [0.29, 0.717) is 0 Å². The molecule has 15 heavy (non-hydrogen) atoms. The Labute approximate surface area is 91.6 Å². The van der Waals surface area contributed by atoms with Gasteiger partial charge in [0, 0.05) is 19.7 Å². The minimum atomic E-state index is -0.0817. The molecule has 0 aromatic rings. The van der Waals surface area contributed by atoms with Crippen LogP contribution in [0.2, 0.25) is 0 Å². The molecule has 1 saturated heterocycles. The molecule has 88 valence electrons. The van der Waals surface area contributed by atoms with Crippen molar-refractivity contribution in [1.82, 2.24) is 10.2 Å². The van der Waals surface area contributed by atoms with Gasteiger partial charge >= 0.3 is 0 Å². The highest BCUT2D eigenvalue weighted by molar-refractivity contribution is 5.81. The third kappa shape index (κ3) is 4.18. The van der Waals surface area contributed by atoms with Crippen molar-refractivity contribution in [2.45, 2.75) is 38.6 Å². The molecule has 0 bridgehead atoms. The van der Waals surface area contributed by atoms with E-state index in [1.807, 2.05) is 11.8 Å². The summed E-state index contributed by atoms with van der Waals surface area (Å²) in [4.78, 5) is 13.8. The zero-order chi connectivity index (χ0) is 11.1. The number of hydrogen-bond donors (Lipinski definition) is 2. The summed E-state index contributed by atoms with van der Waals surface area (Å²) in [5.74, 6) is 0.219. The van der Waals surface area contributed by atoms with Crippen molar-refractivity contribution >= 4 is 5.91 Å². The van der Waals surface area contributed by atoms with Gasteiger partial charge in [0.25, 0.3) is 0 Å². The number of carbonyl (C=O) groups is 1. The van der Waals surface area contributed by atoms with Gasteiger partial charge < -0.3 is 15.3 Å². The number of aliphatic hydroxyl groups is 1. The highest BCUT2D eigenvalue weighted by Gasteiger charge is 2.22. The molecular formula is C11H22N2O2. The number of nitrogens with zero attached hydrogens (tertiary/aromatic N) is 1. The van der Waals surface area contributed by atoms with Crippen molar-refractivity contribution in [1.29, 1.82) is 0 Å². The molecule has 1 fully saturated rings. The van der Waals surface area contributed by atoms with E-state index in [9.17, 15) is 4.79 Å². The van der Waals surface area contributed by atoms with E-state index in [1.54, 1.807) is 0 Å². The van der Waals surface area contributed by atoms with Gasteiger partial charge in [-0.05, 0) is 39.2 Å². The molecule has 0 saturated carbocycles. The van der Waals surface area contributed by atoms with E-state index in [1.165, 1.54) is 0 Å². The van der Waals surface area contributed by atoms with Crippen LogP contribution in [0.15, 0.2) is 0 Å². The first kappa shape index (κ1) is 12.5. The number of nitrogens with one attached hydrogen (secondary N) is 1. The summed E-state index contributed by atoms with van der Waals surface area (Å²) in [5, 5.41) is 11.8. The average molecular weight is 214 g/mol. The van der Waals surface area contributed by atoms with Crippen LogP contribution in [0.3, 0.4) is 0 Å². The van der Waals surface area contributed by atoms with Gasteiger partial charge in [-0.3, -0.25) is 4.79 Å². The number of likely N-dealkylation sites (tertiary alicyclic amines) is 1. The predicted octanol–water partition coefficient (Wildman–Crippen LogP) is 0.359. The molecule has 1 atom stereocenters. The maximum atomic E-state index is 11.8. The van der Waals surface area contributed by atoms with Crippen LogP contribution in [0.4, 0.5) is 0 Å². The molecule has 0 aromatic heterocycles. The minimum Gasteiger partial charge on any atom is -0.396 e. The Morgan fingerprint density at radius 1 is 1.40 bits per heavy atom. The van der Waals surface area contributed by atoms with Crippen LogP contribution in [-0.4, -0.2) is 48.2 Å². The molecule has 4 nitrogen and oxygen atoms in total. The predicted molar refractivity (Wildman–Crippen MR) is 59.6 cm³/mol. The summed E-state index contributed by atoms with van der Waals surface area (Å²) < 4.78 is 0. The quantitative estimate of drug-likeness (QED) is 0.628. The number of unbranched alkanes of at least 4 members (excludes halogenated alkanes) is 1. The lowest BCUT2D eigenvalue weighted by atomic mass is 10.2. The van der Waals surface area contributed by atoms with Crippen LogP contribution in [0, 0.1) is 0 Å². The number of rotatable bonds is 6. The second-order valence-electron chi connectivity index (χ2n) is 4.14. The van der Waals surface area contributed by atoms with E-state index in [2.05, 4.69) is 5.32 Å². The fraction of sp³-hybridized carbons (Fsp3) is 0.909. The van der Waals surface area contributed by atoms with Crippen LogP contribution in [0.1, 0.15) is 32.6 Å². The van der Waals surface area contributed by atoms with Crippen molar-refractivity contribution < 1.29 is 9.90 Å². The van der Waals surface area contributed by atoms with Crippen LogP contribution in [-0.2, 0) is 4.79 Å². The van der Waals surface area contributed by atoms with E-state index in [4.69, 9.17) is 5.11 Å². The van der Waals surface area contributed by atoms with Gasteiger partial charge in [-0.15, -0.1) is 0 Å². The van der Waals surface area contributed by atoms with Crippen molar-refractivity contribution in [2.24, 2.45) is 0 Å². The largest absolute Gasteiger partial charge is 0.396 e. The molecule has 1 aliphatic rings. The van der Waals surface area contributed by atoms with Gasteiger partial charge in [-0.25, -0.2) is 0 Å². The van der Waals surface area contributed by atoms with E-state index >= 15 is 0 Å². The Hall–Kier alpha value is -0.610. The molecule has 1 aliphatic heterocycles. The monoisotopic (exact) mass is 214 g/mol. The summed E-state index contributed by atoms with van der Waals surface area (Å²) in [6.45, 7) is 4.79. The molecule has 2 N–H and O–H groups in total. The van der Waals surface area contributed by atoms with Gasteiger partial charge in [0.15, 0.2) is 0 Å². The minimum absolute atomic E-state index is 0.0817. The molecule has 1 unspecified atom stereocenters. The van der Waals surface area contributed by atoms with E-state index in [-0.39, 0.29) is 18.6 Å². The van der Waals surface area contributed by atoms with Gasteiger partial charge in [0.1, 0.15) is 0 Å². The van der Waals surface area contributed by atoms with Crippen LogP contribution >= 0.6 is 0 Å². The summed E-state index contributed by atoms with van der Waals surface area (Å²) in [5.41, 5.74) is 0. The molecule has 1 rings (SSSR count). The number of carbonyl (C=O) groups excluding carboxylic acids is 1. The van der Waals surface area contributed by atoms with Crippen LogP contribution in [0.25, 0.3) is 0 Å². The third-order valence-electron chi connectivity index (χ3n) is 2.82. The molecule has 1 amide bonds. The first-order valence-corrected chi connectivity index (χ1v) is 5.88. The van der Waals surface area contributed by atoms with Gasteiger partial charge in [-0.1, -0.05) is 0 Å². The van der Waals surface area contributed by atoms with E-state index < -0.39 is 0 Å². The molecule has 0 radical (unpaired) electrons. The Morgan fingerprint density at radius 2 is 2.07 bits per heavy atom. The lowest BCUT2D eigenvalue weighted by molar-refractivity contribution is -0.131. The van der Waals surface area contributed by atoms with Crippen LogP contribution in [0.5, 0.6) is 0 Å². The molecule has 4 heteroatoms. The summed E-state index contributed by atoms with van der Waals surface area (Å²) in [7, 11) is 0. The smallest absolute Gasteiger partial charge is 0.239 e. The summed E-state index contributed by atoms with van der Waals surface area (Å²) >= 11 is 0. The maximum absolute atomic E-state index is 11.8. The molecule has 0 aromatic carbocycles. The van der Waals surface area contributed by atoms with Crippen LogP contribution < -0.4 is 5.32 Å². The van der Waals surface area contributed by atoms with Crippen molar-refractivity contribution in [3.05, 3.63) is 0 Å². The van der Waals surface area contributed by atoms with Gasteiger partial charge in [0.2, 0.25) is 5.91 Å². The first-order chi connectivity index (χ1) is 7.25. The maximum Gasteiger partial charge on any atom is 0.239 e. The second-order valence-corrected chi connectivity index (χ2v) is 4.14. The van der Waals surface area contributed by atoms with Gasteiger partial charge in [0.05, 0.1) is 6.04 Å². The molecular weight excluding hydrogens is 192 g/mol. The molecule has 1 heterocycles. The Bertz CT molecular complexity index is 191. The Kier molecular flexibility index (Phi) is 5.65. The fourth-order valence-corrected chi connectivity index (χ4v) is 1.85. The Morgan fingerprint density at radius 3 is 2.67 bits per heavy atom.